The molecule has 0 fully saturated rings. The molecule has 2 aliphatic rings. The molecule has 39 heavy (non-hydrogen) atoms. The number of furan rings is 1. The van der Waals surface area contributed by atoms with Crippen molar-refractivity contribution in [2.24, 2.45) is 0 Å². The molecule has 1 N–H and O–H groups in total. The van der Waals surface area contributed by atoms with E-state index in [1.807, 2.05) is 43.3 Å². The van der Waals surface area contributed by atoms with Gasteiger partial charge in [-0.2, -0.15) is 0 Å². The first-order chi connectivity index (χ1) is 18.8. The molecule has 0 spiro atoms. The number of aliphatic hydroxyl groups is 1. The summed E-state index contributed by atoms with van der Waals surface area (Å²) in [6, 6.07) is 16.2. The molecule has 3 heterocycles. The number of nitrogens with zero attached hydrogens (tertiary/aromatic N) is 2. The smallest absolute Gasteiger partial charge is 0.294 e. The Bertz CT molecular complexity index is 1670. The second kappa shape index (κ2) is 9.28. The number of aliphatic hydroxyl groups excluding tert-OH is 1. The fraction of sp³-hybridized carbons (Fsp3) is 0.172. The summed E-state index contributed by atoms with van der Waals surface area (Å²) in [5.74, 6) is -0.735. The highest BCUT2D eigenvalue weighted by Gasteiger charge is 2.45. The number of fused-ring (bicyclic) bond motifs is 2. The number of Topliss-reactive ketones (excluding diaryl/α,β-unsaturated/α-hetero) is 1. The average molecular weight is 547 g/mol. The van der Waals surface area contributed by atoms with Gasteiger partial charge in [0.05, 0.1) is 18.7 Å². The SMILES string of the molecule is COc1cc(Cl)cc2cc(C(=O)C3=C(O)C(=O)N(c4ccc5c(c4)OCO5)C3c3ccc(N(C)C)cc3)oc12. The number of benzene rings is 3. The summed E-state index contributed by atoms with van der Waals surface area (Å²) in [6.07, 6.45) is 0. The lowest BCUT2D eigenvalue weighted by Crippen LogP contribution is -2.31. The highest BCUT2D eigenvalue weighted by molar-refractivity contribution is 6.31. The van der Waals surface area contributed by atoms with Crippen LogP contribution >= 0.6 is 11.6 Å². The molecule has 1 amide bonds. The second-order valence-corrected chi connectivity index (χ2v) is 9.77. The molecule has 9 nitrogen and oxygen atoms in total. The number of rotatable bonds is 6. The molecule has 2 aliphatic heterocycles. The van der Waals surface area contributed by atoms with E-state index in [0.717, 1.165) is 5.69 Å². The van der Waals surface area contributed by atoms with Crippen molar-refractivity contribution in [2.75, 3.05) is 37.8 Å². The van der Waals surface area contributed by atoms with E-state index in [1.54, 1.807) is 30.3 Å². The van der Waals surface area contributed by atoms with Crippen molar-refractivity contribution in [3.8, 4) is 17.2 Å². The van der Waals surface area contributed by atoms with Crippen LogP contribution in [0.2, 0.25) is 5.02 Å². The number of anilines is 2. The van der Waals surface area contributed by atoms with Gasteiger partial charge in [0.2, 0.25) is 12.6 Å². The number of carbonyl (C=O) groups excluding carboxylic acids is 2. The summed E-state index contributed by atoms with van der Waals surface area (Å²) in [5, 5.41) is 12.1. The van der Waals surface area contributed by atoms with E-state index in [-0.39, 0.29) is 18.1 Å². The van der Waals surface area contributed by atoms with E-state index < -0.39 is 23.5 Å². The first-order valence-electron chi connectivity index (χ1n) is 12.0. The maximum absolute atomic E-state index is 14.0. The minimum atomic E-state index is -0.944. The molecule has 6 rings (SSSR count). The second-order valence-electron chi connectivity index (χ2n) is 9.33. The maximum atomic E-state index is 14.0. The molecule has 1 atom stereocenters. The van der Waals surface area contributed by atoms with Gasteiger partial charge in [0.1, 0.15) is 0 Å². The number of carbonyl (C=O) groups is 2. The summed E-state index contributed by atoms with van der Waals surface area (Å²) in [5.41, 5.74) is 2.20. The third-order valence-corrected chi connectivity index (χ3v) is 7.02. The molecule has 0 saturated carbocycles. The quantitative estimate of drug-likeness (QED) is 0.309. The van der Waals surface area contributed by atoms with Gasteiger partial charge in [-0.05, 0) is 42.0 Å². The highest BCUT2D eigenvalue weighted by Crippen LogP contribution is 2.45. The van der Waals surface area contributed by atoms with Crippen LogP contribution in [0.1, 0.15) is 22.2 Å². The van der Waals surface area contributed by atoms with E-state index in [0.29, 0.717) is 44.5 Å². The van der Waals surface area contributed by atoms with Gasteiger partial charge < -0.3 is 28.6 Å². The Balaban J connectivity index is 1.49. The van der Waals surface area contributed by atoms with Gasteiger partial charge in [0, 0.05) is 48.0 Å². The van der Waals surface area contributed by atoms with Gasteiger partial charge >= 0.3 is 0 Å². The molecule has 0 saturated heterocycles. The minimum absolute atomic E-state index is 0.0644. The van der Waals surface area contributed by atoms with Crippen molar-refractivity contribution in [3.05, 3.63) is 88.3 Å². The number of methoxy groups -OCH3 is 1. The van der Waals surface area contributed by atoms with E-state index in [9.17, 15) is 14.7 Å². The molecule has 4 aromatic rings. The predicted molar refractivity (Wildman–Crippen MR) is 145 cm³/mol. The molecular weight excluding hydrogens is 524 g/mol. The molecule has 3 aromatic carbocycles. The summed E-state index contributed by atoms with van der Waals surface area (Å²) < 4.78 is 22.2. The number of ether oxygens (including phenoxy) is 3. The molecule has 0 bridgehead atoms. The Kier molecular flexibility index (Phi) is 5.88. The number of hydrogen-bond donors (Lipinski definition) is 1. The summed E-state index contributed by atoms with van der Waals surface area (Å²) in [4.78, 5) is 30.8. The Labute approximate surface area is 228 Å². The predicted octanol–water partition coefficient (Wildman–Crippen LogP) is 5.67. The first kappa shape index (κ1) is 24.7. The van der Waals surface area contributed by atoms with Crippen molar-refractivity contribution < 1.29 is 33.3 Å². The van der Waals surface area contributed by atoms with Crippen molar-refractivity contribution >= 4 is 45.6 Å². The Hall–Kier alpha value is -4.63. The lowest BCUT2D eigenvalue weighted by molar-refractivity contribution is -0.117. The number of ketones is 1. The topological polar surface area (TPSA) is 102 Å². The molecule has 198 valence electrons. The van der Waals surface area contributed by atoms with Gasteiger partial charge in [-0.15, -0.1) is 0 Å². The van der Waals surface area contributed by atoms with Crippen LogP contribution in [0, 0.1) is 0 Å². The first-order valence-corrected chi connectivity index (χ1v) is 12.4. The van der Waals surface area contributed by atoms with Crippen molar-refractivity contribution in [1.82, 2.24) is 0 Å². The molecule has 10 heteroatoms. The van der Waals surface area contributed by atoms with Gasteiger partial charge in [-0.1, -0.05) is 23.7 Å². The number of halogens is 1. The zero-order chi connectivity index (χ0) is 27.4. The third kappa shape index (κ3) is 4.02. The number of hydrogen-bond acceptors (Lipinski definition) is 8. The van der Waals surface area contributed by atoms with E-state index in [1.165, 1.54) is 18.1 Å². The summed E-state index contributed by atoms with van der Waals surface area (Å²) in [7, 11) is 5.29. The molecule has 1 aromatic heterocycles. The van der Waals surface area contributed by atoms with Crippen LogP contribution in [0.25, 0.3) is 11.0 Å². The highest BCUT2D eigenvalue weighted by atomic mass is 35.5. The fourth-order valence-electron chi connectivity index (χ4n) is 4.89. The summed E-state index contributed by atoms with van der Waals surface area (Å²) in [6.45, 7) is 0.0644. The third-order valence-electron chi connectivity index (χ3n) is 6.80. The van der Waals surface area contributed by atoms with E-state index in [2.05, 4.69) is 0 Å². The average Bonchev–Trinajstić information content (AvgIpc) is 3.64. The standard InChI is InChI=1S/C29H23ClN2O7/c1-31(2)18-6-4-15(5-7-18)25-24(26(33)22-11-16-10-17(30)12-23(36-3)28(16)39-22)27(34)29(35)32(25)19-8-9-20-21(13-19)38-14-37-20/h4-13,25,34H,14H2,1-3H3. The van der Waals surface area contributed by atoms with Crippen LogP contribution in [0.5, 0.6) is 17.2 Å². The van der Waals surface area contributed by atoms with Crippen LogP contribution in [-0.2, 0) is 4.79 Å². The molecule has 0 radical (unpaired) electrons. The Morgan fingerprint density at radius 3 is 2.51 bits per heavy atom. The zero-order valence-corrected chi connectivity index (χ0v) is 22.0. The lowest BCUT2D eigenvalue weighted by atomic mass is 9.94. The van der Waals surface area contributed by atoms with Gasteiger partial charge in [0.25, 0.3) is 5.91 Å². The normalized spacial score (nSPS) is 16.4. The van der Waals surface area contributed by atoms with Crippen LogP contribution in [0.4, 0.5) is 11.4 Å². The zero-order valence-electron chi connectivity index (χ0n) is 21.2. The Morgan fingerprint density at radius 1 is 1.05 bits per heavy atom. The van der Waals surface area contributed by atoms with Gasteiger partial charge in [-0.25, -0.2) is 0 Å². The minimum Gasteiger partial charge on any atom is -0.503 e. The van der Waals surface area contributed by atoms with Crippen LogP contribution in [0.3, 0.4) is 0 Å². The Morgan fingerprint density at radius 2 is 1.79 bits per heavy atom. The van der Waals surface area contributed by atoms with Crippen LogP contribution < -0.4 is 24.0 Å². The van der Waals surface area contributed by atoms with Crippen molar-refractivity contribution in [3.63, 3.8) is 0 Å². The number of amides is 1. The van der Waals surface area contributed by atoms with Gasteiger partial charge in [-0.3, -0.25) is 14.5 Å². The van der Waals surface area contributed by atoms with E-state index >= 15 is 0 Å². The van der Waals surface area contributed by atoms with E-state index in [4.69, 9.17) is 30.2 Å². The molecule has 1 unspecified atom stereocenters. The van der Waals surface area contributed by atoms with Gasteiger partial charge in [0.15, 0.2) is 34.4 Å². The largest absolute Gasteiger partial charge is 0.503 e. The fourth-order valence-corrected chi connectivity index (χ4v) is 5.11. The maximum Gasteiger partial charge on any atom is 0.294 e. The molecule has 0 aliphatic carbocycles. The van der Waals surface area contributed by atoms with Crippen molar-refractivity contribution in [1.29, 1.82) is 0 Å². The monoisotopic (exact) mass is 546 g/mol. The molecular formula is C29H23ClN2O7. The van der Waals surface area contributed by atoms with Crippen LogP contribution in [-0.4, -0.2) is 44.8 Å². The van der Waals surface area contributed by atoms with Crippen molar-refractivity contribution in [2.45, 2.75) is 6.04 Å². The summed E-state index contributed by atoms with van der Waals surface area (Å²) >= 11 is 6.20. The van der Waals surface area contributed by atoms with Crippen LogP contribution in [0.15, 0.2) is 76.4 Å². The lowest BCUT2D eigenvalue weighted by Gasteiger charge is -2.27.